The molecule has 0 aliphatic carbocycles. The first-order valence-electron chi connectivity index (χ1n) is 8.98. The molecular formula is C19H17FN6OS2. The van der Waals surface area contributed by atoms with Gasteiger partial charge in [0.05, 0.1) is 5.39 Å². The third-order valence-corrected chi connectivity index (χ3v) is 6.05. The van der Waals surface area contributed by atoms with Crippen LogP contribution in [0.15, 0.2) is 36.0 Å². The fourth-order valence-corrected chi connectivity index (χ4v) is 4.39. The molecule has 0 saturated carbocycles. The van der Waals surface area contributed by atoms with Gasteiger partial charge in [0.25, 0.3) is 0 Å². The van der Waals surface area contributed by atoms with Crippen molar-refractivity contribution in [1.82, 2.24) is 20.2 Å². The van der Waals surface area contributed by atoms with Gasteiger partial charge in [-0.3, -0.25) is 4.79 Å². The van der Waals surface area contributed by atoms with Crippen molar-refractivity contribution in [2.24, 2.45) is 0 Å². The summed E-state index contributed by atoms with van der Waals surface area (Å²) >= 11 is 2.87. The number of nitrogens with zero attached hydrogens (tertiary/aromatic N) is 4. The smallest absolute Gasteiger partial charge is 0.227 e. The van der Waals surface area contributed by atoms with E-state index >= 15 is 0 Å². The van der Waals surface area contributed by atoms with Crippen molar-refractivity contribution in [3.8, 4) is 11.1 Å². The lowest BCUT2D eigenvalue weighted by molar-refractivity contribution is -0.115. The number of fused-ring (bicyclic) bond motifs is 1. The van der Waals surface area contributed by atoms with Crippen LogP contribution in [-0.2, 0) is 11.2 Å². The van der Waals surface area contributed by atoms with Crippen molar-refractivity contribution >= 4 is 49.7 Å². The van der Waals surface area contributed by atoms with E-state index in [1.54, 1.807) is 12.1 Å². The van der Waals surface area contributed by atoms with Crippen LogP contribution in [0.25, 0.3) is 21.3 Å². The predicted octanol–water partition coefficient (Wildman–Crippen LogP) is 4.35. The molecule has 7 nitrogen and oxygen atoms in total. The van der Waals surface area contributed by atoms with Gasteiger partial charge in [0.15, 0.2) is 0 Å². The summed E-state index contributed by atoms with van der Waals surface area (Å²) in [4.78, 5) is 21.6. The molecule has 2 N–H and O–H groups in total. The standard InChI is InChI=1S/C19H17FN6OS2/c1-2-15-25-26-19(29-15)24-14(27)7-8-21-17-16-13(9-28-18(16)23-10-22-17)11-3-5-12(20)6-4-11/h3-6,9-10H,2,7-8H2,1H3,(H,21,22,23)(H,24,26,27). The Morgan fingerprint density at radius 2 is 2.00 bits per heavy atom. The van der Waals surface area contributed by atoms with Crippen molar-refractivity contribution in [3.63, 3.8) is 0 Å². The molecule has 10 heteroatoms. The van der Waals surface area contributed by atoms with Crippen LogP contribution in [0.3, 0.4) is 0 Å². The Morgan fingerprint density at radius 3 is 2.76 bits per heavy atom. The van der Waals surface area contributed by atoms with Crippen LogP contribution >= 0.6 is 22.7 Å². The number of hydrogen-bond donors (Lipinski definition) is 2. The van der Waals surface area contributed by atoms with E-state index in [4.69, 9.17) is 0 Å². The average molecular weight is 429 g/mol. The van der Waals surface area contributed by atoms with Crippen molar-refractivity contribution in [1.29, 1.82) is 0 Å². The third-order valence-electron chi connectivity index (χ3n) is 4.19. The molecule has 148 valence electrons. The molecule has 0 unspecified atom stereocenters. The van der Waals surface area contributed by atoms with Crippen LogP contribution in [0.4, 0.5) is 15.3 Å². The van der Waals surface area contributed by atoms with E-state index in [0.717, 1.165) is 32.8 Å². The summed E-state index contributed by atoms with van der Waals surface area (Å²) in [6, 6.07) is 6.32. The number of halogens is 1. The minimum absolute atomic E-state index is 0.148. The summed E-state index contributed by atoms with van der Waals surface area (Å²) in [6.45, 7) is 2.39. The summed E-state index contributed by atoms with van der Waals surface area (Å²) in [5, 5.41) is 18.1. The topological polar surface area (TPSA) is 92.7 Å². The number of benzene rings is 1. The SMILES string of the molecule is CCc1nnc(NC(=O)CCNc2ncnc3scc(-c4ccc(F)cc4)c23)s1. The van der Waals surface area contributed by atoms with Gasteiger partial charge in [-0.15, -0.1) is 21.5 Å². The Bertz CT molecular complexity index is 1140. The van der Waals surface area contributed by atoms with Gasteiger partial charge in [-0.25, -0.2) is 14.4 Å². The minimum atomic E-state index is -0.282. The molecule has 29 heavy (non-hydrogen) atoms. The summed E-state index contributed by atoms with van der Waals surface area (Å²) < 4.78 is 13.3. The second-order valence-corrected chi connectivity index (χ2v) is 8.06. The van der Waals surface area contributed by atoms with E-state index < -0.39 is 0 Å². The molecular weight excluding hydrogens is 411 g/mol. The summed E-state index contributed by atoms with van der Waals surface area (Å²) in [5.41, 5.74) is 1.81. The number of anilines is 2. The van der Waals surface area contributed by atoms with Gasteiger partial charge in [-0.1, -0.05) is 30.4 Å². The van der Waals surface area contributed by atoms with E-state index in [1.165, 1.54) is 41.1 Å². The van der Waals surface area contributed by atoms with Crippen molar-refractivity contribution < 1.29 is 9.18 Å². The highest BCUT2D eigenvalue weighted by atomic mass is 32.1. The van der Waals surface area contributed by atoms with Crippen molar-refractivity contribution in [2.45, 2.75) is 19.8 Å². The van der Waals surface area contributed by atoms with Gasteiger partial charge < -0.3 is 10.6 Å². The van der Waals surface area contributed by atoms with Crippen molar-refractivity contribution in [2.75, 3.05) is 17.2 Å². The average Bonchev–Trinajstić information content (AvgIpc) is 3.36. The Balaban J connectivity index is 1.46. The number of rotatable bonds is 7. The Morgan fingerprint density at radius 1 is 1.17 bits per heavy atom. The summed E-state index contributed by atoms with van der Waals surface area (Å²) in [6.07, 6.45) is 2.53. The molecule has 4 rings (SSSR count). The van der Waals surface area contributed by atoms with Gasteiger partial charge in [0.2, 0.25) is 11.0 Å². The number of hydrogen-bond acceptors (Lipinski definition) is 8. The fraction of sp³-hybridized carbons (Fsp3) is 0.211. The van der Waals surface area contributed by atoms with E-state index in [9.17, 15) is 9.18 Å². The zero-order valence-corrected chi connectivity index (χ0v) is 17.1. The normalized spacial score (nSPS) is 11.0. The maximum absolute atomic E-state index is 13.3. The number of aromatic nitrogens is 4. The third kappa shape index (κ3) is 4.38. The van der Waals surface area contributed by atoms with Gasteiger partial charge >= 0.3 is 0 Å². The van der Waals surface area contributed by atoms with Crippen LogP contribution in [0, 0.1) is 5.82 Å². The Hall–Kier alpha value is -2.98. The summed E-state index contributed by atoms with van der Waals surface area (Å²) in [5.74, 6) is 0.216. The number of thiophene rings is 1. The number of carbonyl (C=O) groups excluding carboxylic acids is 1. The fourth-order valence-electron chi connectivity index (χ4n) is 2.77. The van der Waals surface area contributed by atoms with Gasteiger partial charge in [-0.05, 0) is 24.1 Å². The van der Waals surface area contributed by atoms with Crippen LogP contribution in [0.2, 0.25) is 0 Å². The first-order valence-corrected chi connectivity index (χ1v) is 10.7. The highest BCUT2D eigenvalue weighted by molar-refractivity contribution is 7.17. The second-order valence-electron chi connectivity index (χ2n) is 6.14. The Kier molecular flexibility index (Phi) is 5.72. The zero-order valence-electron chi connectivity index (χ0n) is 15.5. The van der Waals surface area contributed by atoms with Crippen molar-refractivity contribution in [3.05, 3.63) is 46.8 Å². The molecule has 0 bridgehead atoms. The molecule has 0 spiro atoms. The predicted molar refractivity (Wildman–Crippen MR) is 114 cm³/mol. The Labute approximate surface area is 174 Å². The monoisotopic (exact) mass is 428 g/mol. The first kappa shape index (κ1) is 19.3. The second kappa shape index (κ2) is 8.58. The van der Waals surface area contributed by atoms with Crippen LogP contribution in [0.5, 0.6) is 0 Å². The largest absolute Gasteiger partial charge is 0.369 e. The van der Waals surface area contributed by atoms with Gasteiger partial charge in [0, 0.05) is 23.9 Å². The molecule has 0 aliphatic rings. The van der Waals surface area contributed by atoms with Gasteiger partial charge in [0.1, 0.15) is 27.8 Å². The highest BCUT2D eigenvalue weighted by Crippen LogP contribution is 2.36. The number of amides is 1. The zero-order chi connectivity index (χ0) is 20.2. The molecule has 3 aromatic heterocycles. The molecule has 0 atom stereocenters. The molecule has 0 aliphatic heterocycles. The van der Waals surface area contributed by atoms with E-state index in [0.29, 0.717) is 17.5 Å². The lowest BCUT2D eigenvalue weighted by Gasteiger charge is -2.08. The number of carbonyl (C=O) groups is 1. The van der Waals surface area contributed by atoms with Crippen LogP contribution in [0.1, 0.15) is 18.4 Å². The number of aryl methyl sites for hydroxylation is 1. The molecule has 1 amide bonds. The summed E-state index contributed by atoms with van der Waals surface area (Å²) in [7, 11) is 0. The maximum Gasteiger partial charge on any atom is 0.227 e. The van der Waals surface area contributed by atoms with E-state index in [1.807, 2.05) is 12.3 Å². The molecule has 0 radical (unpaired) electrons. The molecule has 0 fully saturated rings. The van der Waals surface area contributed by atoms with Gasteiger partial charge in [-0.2, -0.15) is 0 Å². The molecule has 1 aromatic carbocycles. The number of nitrogens with one attached hydrogen (secondary N) is 2. The van der Waals surface area contributed by atoms with Crippen LogP contribution in [-0.4, -0.2) is 32.6 Å². The maximum atomic E-state index is 13.3. The minimum Gasteiger partial charge on any atom is -0.369 e. The molecule has 4 aromatic rings. The van der Waals surface area contributed by atoms with Crippen LogP contribution < -0.4 is 10.6 Å². The quantitative estimate of drug-likeness (QED) is 0.455. The van der Waals surface area contributed by atoms with E-state index in [-0.39, 0.29) is 18.1 Å². The molecule has 0 saturated heterocycles. The lowest BCUT2D eigenvalue weighted by atomic mass is 10.1. The highest BCUT2D eigenvalue weighted by Gasteiger charge is 2.14. The molecule has 3 heterocycles. The first-order chi connectivity index (χ1) is 14.1. The lowest BCUT2D eigenvalue weighted by Crippen LogP contribution is -2.16. The van der Waals surface area contributed by atoms with E-state index in [2.05, 4.69) is 30.8 Å².